The number of carbonyl (C=O) groups is 2. The minimum atomic E-state index is -0.726. The van der Waals surface area contributed by atoms with Gasteiger partial charge in [-0.05, 0) is 53.8 Å². The summed E-state index contributed by atoms with van der Waals surface area (Å²) in [5.74, 6) is -0.351. The molecule has 0 radical (unpaired) electrons. The number of methoxy groups -OCH3 is 2. The highest BCUT2D eigenvalue weighted by Gasteiger charge is 2.44. The van der Waals surface area contributed by atoms with Crippen LogP contribution in [0.15, 0.2) is 76.6 Å². The van der Waals surface area contributed by atoms with E-state index < -0.39 is 23.5 Å². The van der Waals surface area contributed by atoms with Gasteiger partial charge in [-0.2, -0.15) is 0 Å². The maximum absolute atomic E-state index is 13.2. The summed E-state index contributed by atoms with van der Waals surface area (Å²) in [5, 5.41) is 10.8. The molecule has 0 saturated carbocycles. The van der Waals surface area contributed by atoms with E-state index in [1.165, 1.54) is 17.2 Å². The van der Waals surface area contributed by atoms with Gasteiger partial charge in [0.15, 0.2) is 23.0 Å². The van der Waals surface area contributed by atoms with E-state index in [-0.39, 0.29) is 17.9 Å². The summed E-state index contributed by atoms with van der Waals surface area (Å²) >= 11 is 0. The topological polar surface area (TPSA) is 89.2 Å². The molecule has 4 rings (SSSR count). The number of aryl methyl sites for hydroxylation is 1. The summed E-state index contributed by atoms with van der Waals surface area (Å²) in [6.45, 7) is 2.34. The van der Waals surface area contributed by atoms with Gasteiger partial charge in [0.1, 0.15) is 0 Å². The predicted octanol–water partition coefficient (Wildman–Crippen LogP) is 4.68. The van der Waals surface area contributed by atoms with Gasteiger partial charge in [0.25, 0.3) is 5.91 Å². The highest BCUT2D eigenvalue weighted by molar-refractivity contribution is 6.15. The first-order valence-corrected chi connectivity index (χ1v) is 11.1. The molecule has 1 aliphatic heterocycles. The first-order valence-electron chi connectivity index (χ1n) is 11.1. The Kier molecular flexibility index (Phi) is 6.72. The van der Waals surface area contributed by atoms with E-state index in [1.54, 1.807) is 20.3 Å². The maximum atomic E-state index is 13.2. The minimum Gasteiger partial charge on any atom is -0.503 e. The van der Waals surface area contributed by atoms with E-state index in [9.17, 15) is 14.7 Å². The van der Waals surface area contributed by atoms with Gasteiger partial charge in [0.05, 0.1) is 32.1 Å². The van der Waals surface area contributed by atoms with Crippen LogP contribution in [0.25, 0.3) is 0 Å². The number of benzene rings is 2. The Morgan fingerprint density at radius 3 is 2.35 bits per heavy atom. The number of aliphatic hydroxyl groups excluding tert-OH is 1. The fraction of sp³-hybridized carbons (Fsp3) is 0.259. The van der Waals surface area contributed by atoms with Crippen LogP contribution in [0.1, 0.15) is 40.2 Å². The van der Waals surface area contributed by atoms with Crippen molar-refractivity contribution in [2.75, 3.05) is 20.8 Å². The molecule has 0 aliphatic carbocycles. The number of hydrogen-bond donors (Lipinski definition) is 1. The van der Waals surface area contributed by atoms with Crippen LogP contribution in [0.4, 0.5) is 0 Å². The third-order valence-corrected chi connectivity index (χ3v) is 6.09. The van der Waals surface area contributed by atoms with Crippen molar-refractivity contribution in [1.82, 2.24) is 4.90 Å². The van der Waals surface area contributed by atoms with Crippen molar-refractivity contribution in [3.05, 3.63) is 94.6 Å². The molecule has 0 bridgehead atoms. The van der Waals surface area contributed by atoms with E-state index in [0.717, 1.165) is 23.1 Å². The quantitative estimate of drug-likeness (QED) is 0.466. The van der Waals surface area contributed by atoms with E-state index in [1.807, 2.05) is 42.5 Å². The van der Waals surface area contributed by atoms with Crippen molar-refractivity contribution in [1.29, 1.82) is 0 Å². The molecule has 2 heterocycles. The van der Waals surface area contributed by atoms with Crippen molar-refractivity contribution in [2.24, 2.45) is 0 Å². The van der Waals surface area contributed by atoms with Crippen LogP contribution in [-0.4, -0.2) is 42.5 Å². The summed E-state index contributed by atoms with van der Waals surface area (Å²) in [6, 6.07) is 15.7. The van der Waals surface area contributed by atoms with Gasteiger partial charge in [-0.15, -0.1) is 0 Å². The fourth-order valence-corrected chi connectivity index (χ4v) is 4.22. The molecule has 7 heteroatoms. The highest BCUT2D eigenvalue weighted by Crippen LogP contribution is 2.39. The SMILES string of the molecule is CCc1ccc([C@H]2C(C(=O)c3ccco3)=C(O)C(=O)N2CCc2ccc(OC)c(OC)c2)cc1. The molecule has 7 nitrogen and oxygen atoms in total. The molecule has 1 aromatic heterocycles. The zero-order chi connectivity index (χ0) is 24.2. The van der Waals surface area contributed by atoms with E-state index in [2.05, 4.69) is 6.92 Å². The van der Waals surface area contributed by atoms with Gasteiger partial charge in [-0.1, -0.05) is 37.3 Å². The zero-order valence-electron chi connectivity index (χ0n) is 19.4. The van der Waals surface area contributed by atoms with E-state index >= 15 is 0 Å². The lowest BCUT2D eigenvalue weighted by molar-refractivity contribution is -0.129. The Bertz CT molecular complexity index is 1210. The van der Waals surface area contributed by atoms with Crippen molar-refractivity contribution in [3.63, 3.8) is 0 Å². The number of hydrogen-bond acceptors (Lipinski definition) is 6. The summed E-state index contributed by atoms with van der Waals surface area (Å²) in [7, 11) is 3.14. The first-order chi connectivity index (χ1) is 16.5. The number of rotatable bonds is 9. The molecule has 0 unspecified atom stereocenters. The molecular weight excluding hydrogens is 434 g/mol. The molecule has 0 spiro atoms. The second-order valence-corrected chi connectivity index (χ2v) is 8.00. The molecule has 0 saturated heterocycles. The van der Waals surface area contributed by atoms with Crippen LogP contribution in [0, 0.1) is 0 Å². The second kappa shape index (κ2) is 9.87. The van der Waals surface area contributed by atoms with Crippen molar-refractivity contribution < 1.29 is 28.6 Å². The third kappa shape index (κ3) is 4.29. The Morgan fingerprint density at radius 2 is 1.74 bits per heavy atom. The van der Waals surface area contributed by atoms with Gasteiger partial charge < -0.3 is 23.9 Å². The highest BCUT2D eigenvalue weighted by atomic mass is 16.5. The average molecular weight is 462 g/mol. The lowest BCUT2D eigenvalue weighted by atomic mass is 9.94. The summed E-state index contributed by atoms with van der Waals surface area (Å²) < 4.78 is 15.9. The number of furan rings is 1. The van der Waals surface area contributed by atoms with Crippen LogP contribution in [0.5, 0.6) is 11.5 Å². The normalized spacial score (nSPS) is 15.7. The number of nitrogens with zero attached hydrogens (tertiary/aromatic N) is 1. The summed E-state index contributed by atoms with van der Waals surface area (Å²) in [4.78, 5) is 27.9. The number of carbonyl (C=O) groups excluding carboxylic acids is 2. The second-order valence-electron chi connectivity index (χ2n) is 8.00. The standard InChI is InChI=1S/C27H27NO6/c1-4-17-7-10-19(11-8-17)24-23(25(29)21-6-5-15-34-21)26(30)27(31)28(24)14-13-18-9-12-20(32-2)22(16-18)33-3/h5-12,15-16,24,30H,4,13-14H2,1-3H3/t24-/m0/s1. The van der Waals surface area contributed by atoms with Crippen LogP contribution in [0.2, 0.25) is 0 Å². The molecule has 1 atom stereocenters. The third-order valence-electron chi connectivity index (χ3n) is 6.09. The molecular formula is C27H27NO6. The van der Waals surface area contributed by atoms with Gasteiger partial charge in [0, 0.05) is 6.54 Å². The summed E-state index contributed by atoms with van der Waals surface area (Å²) in [5.41, 5.74) is 2.83. The fourth-order valence-electron chi connectivity index (χ4n) is 4.22. The van der Waals surface area contributed by atoms with Crippen LogP contribution < -0.4 is 9.47 Å². The van der Waals surface area contributed by atoms with Gasteiger partial charge in [-0.3, -0.25) is 9.59 Å². The van der Waals surface area contributed by atoms with E-state index in [4.69, 9.17) is 13.9 Å². The molecule has 34 heavy (non-hydrogen) atoms. The van der Waals surface area contributed by atoms with Gasteiger partial charge >= 0.3 is 0 Å². The van der Waals surface area contributed by atoms with Crippen LogP contribution >= 0.6 is 0 Å². The molecule has 176 valence electrons. The van der Waals surface area contributed by atoms with Crippen LogP contribution in [-0.2, 0) is 17.6 Å². The van der Waals surface area contributed by atoms with Crippen LogP contribution in [0.3, 0.4) is 0 Å². The lowest BCUT2D eigenvalue weighted by Gasteiger charge is -2.27. The number of Topliss-reactive ketones (excluding diaryl/α,β-unsaturated/α-hetero) is 1. The molecule has 0 fully saturated rings. The Morgan fingerprint density at radius 1 is 1.03 bits per heavy atom. The average Bonchev–Trinajstić information content (AvgIpc) is 3.50. The van der Waals surface area contributed by atoms with Crippen molar-refractivity contribution >= 4 is 11.7 Å². The zero-order valence-corrected chi connectivity index (χ0v) is 19.4. The molecule has 1 amide bonds. The summed E-state index contributed by atoms with van der Waals surface area (Å²) in [6.07, 6.45) is 2.75. The van der Waals surface area contributed by atoms with E-state index in [0.29, 0.717) is 17.9 Å². The number of amides is 1. The lowest BCUT2D eigenvalue weighted by Crippen LogP contribution is -2.33. The molecule has 3 aromatic rings. The predicted molar refractivity (Wildman–Crippen MR) is 126 cm³/mol. The Balaban J connectivity index is 1.67. The van der Waals surface area contributed by atoms with Crippen molar-refractivity contribution in [2.45, 2.75) is 25.8 Å². The number of aliphatic hydroxyl groups is 1. The molecule has 1 N–H and O–H groups in total. The van der Waals surface area contributed by atoms with Crippen molar-refractivity contribution in [3.8, 4) is 11.5 Å². The Labute approximate surface area is 198 Å². The Hall–Kier alpha value is -4.00. The van der Waals surface area contributed by atoms with Gasteiger partial charge in [0.2, 0.25) is 5.78 Å². The minimum absolute atomic E-state index is 0.0245. The smallest absolute Gasteiger partial charge is 0.290 e. The first kappa shape index (κ1) is 23.2. The monoisotopic (exact) mass is 461 g/mol. The van der Waals surface area contributed by atoms with Gasteiger partial charge in [-0.25, -0.2) is 0 Å². The molecule has 2 aromatic carbocycles. The number of ketones is 1. The largest absolute Gasteiger partial charge is 0.503 e. The molecule has 1 aliphatic rings. The number of ether oxygens (including phenoxy) is 2. The maximum Gasteiger partial charge on any atom is 0.290 e.